The Morgan fingerprint density at radius 2 is 1.81 bits per heavy atom. The molecule has 112 valence electrons. The predicted octanol–water partition coefficient (Wildman–Crippen LogP) is 5.51. The van der Waals surface area contributed by atoms with Crippen molar-refractivity contribution in [3.63, 3.8) is 0 Å². The van der Waals surface area contributed by atoms with E-state index in [1.165, 1.54) is 16.7 Å². The van der Waals surface area contributed by atoms with E-state index in [4.69, 9.17) is 28.9 Å². The maximum absolute atomic E-state index is 6.44. The molecule has 1 aliphatic rings. The van der Waals surface area contributed by atoms with Crippen LogP contribution in [0.2, 0.25) is 10.0 Å². The lowest BCUT2D eigenvalue weighted by molar-refractivity contribution is 0.391. The lowest BCUT2D eigenvalue weighted by atomic mass is 9.71. The van der Waals surface area contributed by atoms with Crippen molar-refractivity contribution in [1.82, 2.24) is 0 Å². The molecule has 1 aliphatic carbocycles. The van der Waals surface area contributed by atoms with Crippen LogP contribution in [0.5, 0.6) is 0 Å². The van der Waals surface area contributed by atoms with Gasteiger partial charge in [0.25, 0.3) is 0 Å². The summed E-state index contributed by atoms with van der Waals surface area (Å²) >= 11 is 12.2. The summed E-state index contributed by atoms with van der Waals surface area (Å²) in [6, 6.07) is 14.4. The summed E-state index contributed by atoms with van der Waals surface area (Å²) in [4.78, 5) is 0. The molecule has 1 nitrogen and oxygen atoms in total. The molecule has 0 fully saturated rings. The molecule has 0 radical (unpaired) electrons. The fraction of sp³-hybridized carbons (Fsp3) is 0.294. The molecule has 2 aromatic rings. The molecule has 0 saturated carbocycles. The van der Waals surface area contributed by atoms with E-state index >= 15 is 0 Å². The summed E-state index contributed by atoms with van der Waals surface area (Å²) in [5.74, 6) is 0.345. The van der Waals surface area contributed by atoms with E-state index in [0.717, 1.165) is 12.8 Å². The Morgan fingerprint density at radius 1 is 1.10 bits per heavy atom. The normalized spacial score (nSPS) is 24.1. The Kier molecular flexibility index (Phi) is 4.89. The van der Waals surface area contributed by atoms with Crippen LogP contribution in [0.1, 0.15) is 42.4 Å². The Balaban J connectivity index is 0.00000161. The summed E-state index contributed by atoms with van der Waals surface area (Å²) in [5.41, 5.74) is 9.95. The number of halogens is 3. The second-order valence-corrected chi connectivity index (χ2v) is 6.58. The molecule has 3 rings (SSSR count). The molecule has 2 atom stereocenters. The predicted molar refractivity (Wildman–Crippen MR) is 92.8 cm³/mol. The molecular formula is C17H18Cl3N. The zero-order chi connectivity index (χ0) is 14.3. The molecule has 0 bridgehead atoms. The summed E-state index contributed by atoms with van der Waals surface area (Å²) in [6.07, 6.45) is 2.00. The SMILES string of the molecule is CC1(N)CCC(c2ccc(Cl)c(Cl)c2)c2ccccc21.Cl. The Labute approximate surface area is 141 Å². The number of hydrogen-bond donors (Lipinski definition) is 1. The van der Waals surface area contributed by atoms with Crippen molar-refractivity contribution < 1.29 is 0 Å². The van der Waals surface area contributed by atoms with Crippen molar-refractivity contribution in [3.05, 3.63) is 69.2 Å². The topological polar surface area (TPSA) is 26.0 Å². The van der Waals surface area contributed by atoms with Gasteiger partial charge in [-0.3, -0.25) is 0 Å². The van der Waals surface area contributed by atoms with Crippen LogP contribution < -0.4 is 5.73 Å². The van der Waals surface area contributed by atoms with Crippen LogP contribution in [0.25, 0.3) is 0 Å². The van der Waals surface area contributed by atoms with Gasteiger partial charge < -0.3 is 5.73 Å². The minimum atomic E-state index is -0.247. The lowest BCUT2D eigenvalue weighted by Gasteiger charge is -2.37. The van der Waals surface area contributed by atoms with E-state index in [1.54, 1.807) is 0 Å². The zero-order valence-electron chi connectivity index (χ0n) is 11.8. The average molecular weight is 343 g/mol. The molecule has 0 amide bonds. The Morgan fingerprint density at radius 3 is 2.52 bits per heavy atom. The van der Waals surface area contributed by atoms with E-state index in [1.807, 2.05) is 12.1 Å². The molecule has 4 heteroatoms. The molecule has 0 saturated heterocycles. The first-order valence-corrected chi connectivity index (χ1v) is 7.58. The van der Waals surface area contributed by atoms with E-state index in [-0.39, 0.29) is 17.9 Å². The second-order valence-electron chi connectivity index (χ2n) is 5.77. The van der Waals surface area contributed by atoms with Crippen molar-refractivity contribution in [2.45, 2.75) is 31.2 Å². The van der Waals surface area contributed by atoms with Crippen LogP contribution in [0.15, 0.2) is 42.5 Å². The largest absolute Gasteiger partial charge is 0.322 e. The van der Waals surface area contributed by atoms with E-state index in [9.17, 15) is 0 Å². The quantitative estimate of drug-likeness (QED) is 0.726. The molecule has 0 aliphatic heterocycles. The van der Waals surface area contributed by atoms with Gasteiger partial charge >= 0.3 is 0 Å². The second kappa shape index (κ2) is 6.18. The highest BCUT2D eigenvalue weighted by atomic mass is 35.5. The fourth-order valence-electron chi connectivity index (χ4n) is 3.13. The van der Waals surface area contributed by atoms with Gasteiger partial charge in [0.05, 0.1) is 10.0 Å². The van der Waals surface area contributed by atoms with Gasteiger partial charge in [-0.15, -0.1) is 12.4 Å². The number of nitrogens with two attached hydrogens (primary N) is 1. The molecule has 2 unspecified atom stereocenters. The average Bonchev–Trinajstić information content (AvgIpc) is 2.43. The smallest absolute Gasteiger partial charge is 0.0595 e. The number of fused-ring (bicyclic) bond motifs is 1. The third-order valence-corrected chi connectivity index (χ3v) is 4.99. The van der Waals surface area contributed by atoms with Gasteiger partial charge in [0.2, 0.25) is 0 Å². The minimum absolute atomic E-state index is 0. The molecule has 0 heterocycles. The highest BCUT2D eigenvalue weighted by Crippen LogP contribution is 2.43. The third kappa shape index (κ3) is 3.07. The van der Waals surface area contributed by atoms with Crippen molar-refractivity contribution in [2.75, 3.05) is 0 Å². The Hall–Kier alpha value is -0.730. The summed E-state index contributed by atoms with van der Waals surface area (Å²) < 4.78 is 0. The Bertz CT molecular complexity index is 652. The first-order chi connectivity index (χ1) is 9.49. The van der Waals surface area contributed by atoms with Crippen molar-refractivity contribution >= 4 is 35.6 Å². The standard InChI is InChI=1S/C17H17Cl2N.ClH/c1-17(20)9-8-12(13-4-2-3-5-14(13)17)11-6-7-15(18)16(19)10-11;/h2-7,10,12H,8-9,20H2,1H3;1H. The van der Waals surface area contributed by atoms with Gasteiger partial charge in [-0.05, 0) is 48.6 Å². The van der Waals surface area contributed by atoms with Gasteiger partial charge in [0.1, 0.15) is 0 Å². The van der Waals surface area contributed by atoms with Gasteiger partial charge in [-0.2, -0.15) is 0 Å². The monoisotopic (exact) mass is 341 g/mol. The van der Waals surface area contributed by atoms with E-state index in [2.05, 4.69) is 37.3 Å². The first kappa shape index (κ1) is 16.6. The van der Waals surface area contributed by atoms with Gasteiger partial charge in [0.15, 0.2) is 0 Å². The zero-order valence-corrected chi connectivity index (χ0v) is 14.1. The molecular weight excluding hydrogens is 325 g/mol. The van der Waals surface area contributed by atoms with Crippen molar-refractivity contribution in [2.24, 2.45) is 5.73 Å². The lowest BCUT2D eigenvalue weighted by Crippen LogP contribution is -2.38. The summed E-state index contributed by atoms with van der Waals surface area (Å²) in [5, 5.41) is 1.21. The first-order valence-electron chi connectivity index (χ1n) is 6.82. The summed E-state index contributed by atoms with van der Waals surface area (Å²) in [7, 11) is 0. The third-order valence-electron chi connectivity index (χ3n) is 4.25. The molecule has 2 N–H and O–H groups in total. The number of rotatable bonds is 1. The van der Waals surface area contributed by atoms with Crippen molar-refractivity contribution in [3.8, 4) is 0 Å². The molecule has 21 heavy (non-hydrogen) atoms. The maximum Gasteiger partial charge on any atom is 0.0595 e. The minimum Gasteiger partial charge on any atom is -0.322 e. The van der Waals surface area contributed by atoms with Gasteiger partial charge in [0, 0.05) is 11.5 Å². The van der Waals surface area contributed by atoms with E-state index < -0.39 is 0 Å². The number of hydrogen-bond acceptors (Lipinski definition) is 1. The van der Waals surface area contributed by atoms with Crippen LogP contribution in [0.4, 0.5) is 0 Å². The van der Waals surface area contributed by atoms with E-state index in [0.29, 0.717) is 16.0 Å². The molecule has 0 aromatic heterocycles. The van der Waals surface area contributed by atoms with Gasteiger partial charge in [-0.1, -0.05) is 53.5 Å². The maximum atomic E-state index is 6.44. The highest BCUT2D eigenvalue weighted by Gasteiger charge is 2.33. The van der Waals surface area contributed by atoms with Crippen LogP contribution >= 0.6 is 35.6 Å². The number of benzene rings is 2. The van der Waals surface area contributed by atoms with Gasteiger partial charge in [-0.25, -0.2) is 0 Å². The van der Waals surface area contributed by atoms with Crippen LogP contribution in [-0.2, 0) is 5.54 Å². The van der Waals surface area contributed by atoms with Crippen LogP contribution in [0, 0.1) is 0 Å². The molecule has 2 aromatic carbocycles. The highest BCUT2D eigenvalue weighted by molar-refractivity contribution is 6.42. The fourth-order valence-corrected chi connectivity index (χ4v) is 3.44. The van der Waals surface area contributed by atoms with Crippen LogP contribution in [-0.4, -0.2) is 0 Å². The molecule has 0 spiro atoms. The summed E-state index contributed by atoms with van der Waals surface area (Å²) in [6.45, 7) is 2.11. The van der Waals surface area contributed by atoms with Crippen LogP contribution in [0.3, 0.4) is 0 Å². The van der Waals surface area contributed by atoms with Crippen molar-refractivity contribution in [1.29, 1.82) is 0 Å².